The van der Waals surface area contributed by atoms with E-state index in [1.54, 1.807) is 0 Å². The van der Waals surface area contributed by atoms with E-state index in [1.807, 2.05) is 17.0 Å². The number of hydrogen-bond donors (Lipinski definition) is 0. The van der Waals surface area contributed by atoms with E-state index in [0.717, 1.165) is 38.2 Å². The molecule has 0 bridgehead atoms. The number of rotatable bonds is 3. The van der Waals surface area contributed by atoms with Crippen LogP contribution < -0.4 is 4.90 Å². The normalized spacial score (nSPS) is 20.0. The first-order chi connectivity index (χ1) is 12.7. The number of amides is 1. The maximum Gasteiger partial charge on any atom is 0.253 e. The Kier molecular flexibility index (Phi) is 4.96. The number of aryl methyl sites for hydroxylation is 1. The average molecular weight is 348 g/mol. The standard InChI is InChI=1S/C23H28N2O/c1-18-6-4-15-25(16-18)23(26)21-12-10-19(11-13-21)17-24-14-5-8-20-7-2-3-9-22(20)24/h2-3,7,9-13,18H,4-6,8,14-17H2,1H3/t18-/m0/s1. The minimum absolute atomic E-state index is 0.186. The number of carbonyl (C=O) groups is 1. The highest BCUT2D eigenvalue weighted by Gasteiger charge is 2.22. The number of para-hydroxylation sites is 1. The summed E-state index contributed by atoms with van der Waals surface area (Å²) >= 11 is 0. The van der Waals surface area contributed by atoms with Gasteiger partial charge in [0.2, 0.25) is 0 Å². The van der Waals surface area contributed by atoms with Crippen molar-refractivity contribution in [3.05, 3.63) is 65.2 Å². The molecule has 1 atom stereocenters. The SMILES string of the molecule is C[C@H]1CCCN(C(=O)c2ccc(CN3CCCc4ccccc43)cc2)C1. The van der Waals surface area contributed by atoms with E-state index in [9.17, 15) is 4.79 Å². The van der Waals surface area contributed by atoms with Gasteiger partial charge >= 0.3 is 0 Å². The van der Waals surface area contributed by atoms with Crippen LogP contribution in [0.1, 0.15) is 47.7 Å². The minimum Gasteiger partial charge on any atom is -0.367 e. The quantitative estimate of drug-likeness (QED) is 0.815. The molecule has 2 aliphatic rings. The van der Waals surface area contributed by atoms with Crippen molar-refractivity contribution >= 4 is 11.6 Å². The number of piperidine rings is 1. The van der Waals surface area contributed by atoms with Crippen LogP contribution in [-0.4, -0.2) is 30.4 Å². The fourth-order valence-corrected chi connectivity index (χ4v) is 4.31. The van der Waals surface area contributed by atoms with Crippen molar-refractivity contribution in [1.29, 1.82) is 0 Å². The second-order valence-electron chi connectivity index (χ2n) is 7.85. The van der Waals surface area contributed by atoms with E-state index >= 15 is 0 Å². The molecule has 26 heavy (non-hydrogen) atoms. The average Bonchev–Trinajstić information content (AvgIpc) is 2.68. The molecule has 4 rings (SSSR count). The van der Waals surface area contributed by atoms with Crippen LogP contribution in [0, 0.1) is 5.92 Å². The lowest BCUT2D eigenvalue weighted by molar-refractivity contribution is 0.0683. The van der Waals surface area contributed by atoms with Crippen molar-refractivity contribution in [1.82, 2.24) is 4.90 Å². The van der Waals surface area contributed by atoms with Crippen molar-refractivity contribution in [2.24, 2.45) is 5.92 Å². The van der Waals surface area contributed by atoms with Gasteiger partial charge in [-0.25, -0.2) is 0 Å². The number of fused-ring (bicyclic) bond motifs is 1. The first-order valence-electron chi connectivity index (χ1n) is 9.92. The van der Waals surface area contributed by atoms with Crippen LogP contribution in [0.15, 0.2) is 48.5 Å². The monoisotopic (exact) mass is 348 g/mol. The lowest BCUT2D eigenvalue weighted by atomic mass is 9.99. The third-order valence-corrected chi connectivity index (χ3v) is 5.72. The molecule has 1 fully saturated rings. The second-order valence-corrected chi connectivity index (χ2v) is 7.85. The van der Waals surface area contributed by atoms with Gasteiger partial charge in [-0.15, -0.1) is 0 Å². The molecule has 1 amide bonds. The molecule has 1 saturated heterocycles. The number of anilines is 1. The zero-order chi connectivity index (χ0) is 17.9. The van der Waals surface area contributed by atoms with E-state index in [2.05, 4.69) is 48.2 Å². The fourth-order valence-electron chi connectivity index (χ4n) is 4.31. The second kappa shape index (κ2) is 7.53. The Morgan fingerprint density at radius 2 is 1.85 bits per heavy atom. The summed E-state index contributed by atoms with van der Waals surface area (Å²) in [5.74, 6) is 0.803. The molecule has 2 aromatic carbocycles. The highest BCUT2D eigenvalue weighted by atomic mass is 16.2. The van der Waals surface area contributed by atoms with Crippen molar-refractivity contribution in [2.45, 2.75) is 39.2 Å². The van der Waals surface area contributed by atoms with E-state index in [0.29, 0.717) is 5.92 Å². The van der Waals surface area contributed by atoms with Crippen LogP contribution in [0.2, 0.25) is 0 Å². The molecule has 0 spiro atoms. The summed E-state index contributed by atoms with van der Waals surface area (Å²) < 4.78 is 0. The van der Waals surface area contributed by atoms with Gasteiger partial charge < -0.3 is 9.80 Å². The number of carbonyl (C=O) groups excluding carboxylic acids is 1. The highest BCUT2D eigenvalue weighted by Crippen LogP contribution is 2.28. The molecule has 0 N–H and O–H groups in total. The summed E-state index contributed by atoms with van der Waals surface area (Å²) in [6, 6.07) is 17.0. The summed E-state index contributed by atoms with van der Waals surface area (Å²) in [5, 5.41) is 0. The van der Waals surface area contributed by atoms with Gasteiger partial charge in [-0.1, -0.05) is 37.3 Å². The van der Waals surface area contributed by atoms with E-state index in [1.165, 1.54) is 36.1 Å². The van der Waals surface area contributed by atoms with Crippen LogP contribution in [0.3, 0.4) is 0 Å². The summed E-state index contributed by atoms with van der Waals surface area (Å²) in [6.45, 7) is 6.04. The number of benzene rings is 2. The predicted molar refractivity (Wildman–Crippen MR) is 107 cm³/mol. The molecular weight excluding hydrogens is 320 g/mol. The first kappa shape index (κ1) is 17.1. The van der Waals surface area contributed by atoms with E-state index < -0.39 is 0 Å². The molecule has 0 aromatic heterocycles. The maximum absolute atomic E-state index is 12.7. The van der Waals surface area contributed by atoms with Gasteiger partial charge in [0, 0.05) is 37.4 Å². The smallest absolute Gasteiger partial charge is 0.253 e. The predicted octanol–water partition coefficient (Wildman–Crippen LogP) is 4.51. The molecule has 2 aromatic rings. The summed E-state index contributed by atoms with van der Waals surface area (Å²) in [5.41, 5.74) is 4.90. The lowest BCUT2D eigenvalue weighted by Crippen LogP contribution is -2.39. The molecule has 0 aliphatic carbocycles. The number of likely N-dealkylation sites (tertiary alicyclic amines) is 1. The zero-order valence-corrected chi connectivity index (χ0v) is 15.7. The zero-order valence-electron chi connectivity index (χ0n) is 15.7. The fraction of sp³-hybridized carbons (Fsp3) is 0.435. The van der Waals surface area contributed by atoms with Crippen molar-refractivity contribution in [3.8, 4) is 0 Å². The van der Waals surface area contributed by atoms with Gasteiger partial charge in [-0.05, 0) is 60.9 Å². The van der Waals surface area contributed by atoms with E-state index in [4.69, 9.17) is 0 Å². The molecule has 136 valence electrons. The molecular formula is C23H28N2O. The third-order valence-electron chi connectivity index (χ3n) is 5.72. The van der Waals surface area contributed by atoms with Crippen molar-refractivity contribution in [3.63, 3.8) is 0 Å². The Morgan fingerprint density at radius 3 is 2.65 bits per heavy atom. The summed E-state index contributed by atoms with van der Waals surface area (Å²) in [7, 11) is 0. The molecule has 0 unspecified atom stereocenters. The molecule has 3 heteroatoms. The minimum atomic E-state index is 0.186. The van der Waals surface area contributed by atoms with Gasteiger partial charge in [0.15, 0.2) is 0 Å². The van der Waals surface area contributed by atoms with Crippen molar-refractivity contribution < 1.29 is 4.79 Å². The summed E-state index contributed by atoms with van der Waals surface area (Å²) in [6.07, 6.45) is 4.74. The summed E-state index contributed by atoms with van der Waals surface area (Å²) in [4.78, 5) is 17.2. The largest absolute Gasteiger partial charge is 0.367 e. The van der Waals surface area contributed by atoms with Gasteiger partial charge in [-0.3, -0.25) is 4.79 Å². The van der Waals surface area contributed by atoms with Crippen LogP contribution in [0.4, 0.5) is 5.69 Å². The Balaban J connectivity index is 1.44. The van der Waals surface area contributed by atoms with Crippen LogP contribution in [-0.2, 0) is 13.0 Å². The number of nitrogens with zero attached hydrogens (tertiary/aromatic N) is 2. The first-order valence-corrected chi connectivity index (χ1v) is 9.92. The Morgan fingerprint density at radius 1 is 1.04 bits per heavy atom. The Bertz CT molecular complexity index is 768. The van der Waals surface area contributed by atoms with E-state index in [-0.39, 0.29) is 5.91 Å². The van der Waals surface area contributed by atoms with Gasteiger partial charge in [0.25, 0.3) is 5.91 Å². The molecule has 0 saturated carbocycles. The molecule has 2 aliphatic heterocycles. The van der Waals surface area contributed by atoms with Crippen LogP contribution in [0.25, 0.3) is 0 Å². The van der Waals surface area contributed by atoms with Crippen molar-refractivity contribution in [2.75, 3.05) is 24.5 Å². The molecule has 3 nitrogen and oxygen atoms in total. The van der Waals surface area contributed by atoms with Gasteiger partial charge in [-0.2, -0.15) is 0 Å². The topological polar surface area (TPSA) is 23.6 Å². The molecule has 0 radical (unpaired) electrons. The third kappa shape index (κ3) is 3.62. The van der Waals surface area contributed by atoms with Crippen LogP contribution >= 0.6 is 0 Å². The lowest BCUT2D eigenvalue weighted by Gasteiger charge is -2.32. The van der Waals surface area contributed by atoms with Gasteiger partial charge in [0.1, 0.15) is 0 Å². The maximum atomic E-state index is 12.7. The number of hydrogen-bond acceptors (Lipinski definition) is 2. The Hall–Kier alpha value is -2.29. The molecule has 2 heterocycles. The highest BCUT2D eigenvalue weighted by molar-refractivity contribution is 5.94. The van der Waals surface area contributed by atoms with Gasteiger partial charge in [0.05, 0.1) is 0 Å². The Labute approximate surface area is 156 Å². The van der Waals surface area contributed by atoms with Crippen LogP contribution in [0.5, 0.6) is 0 Å².